The molecule has 0 bridgehead atoms. The monoisotopic (exact) mass is 588 g/mol. The average molecular weight is 589 g/mol. The molecule has 1 saturated heterocycles. The number of para-hydroxylation sites is 2. The summed E-state index contributed by atoms with van der Waals surface area (Å²) in [6, 6.07) is 25.6. The summed E-state index contributed by atoms with van der Waals surface area (Å²) in [5.41, 5.74) is 3.09. The van der Waals surface area contributed by atoms with Crippen LogP contribution < -0.4 is 14.2 Å². The minimum absolute atomic E-state index is 0.0518. The van der Waals surface area contributed by atoms with Crippen molar-refractivity contribution < 1.29 is 33.6 Å². The van der Waals surface area contributed by atoms with Gasteiger partial charge in [0.25, 0.3) is 0 Å². The van der Waals surface area contributed by atoms with E-state index < -0.39 is 6.09 Å². The maximum Gasteiger partial charge on any atom is 0.407 e. The lowest BCUT2D eigenvalue weighted by atomic mass is 9.87. The van der Waals surface area contributed by atoms with Gasteiger partial charge >= 0.3 is 6.09 Å². The van der Waals surface area contributed by atoms with E-state index in [9.17, 15) is 9.90 Å². The number of nitrogens with zero attached hydrogens (tertiary/aromatic N) is 2. The number of hydrogen-bond donors (Lipinski definition) is 1. The van der Waals surface area contributed by atoms with Gasteiger partial charge in [-0.15, -0.1) is 0 Å². The van der Waals surface area contributed by atoms with Gasteiger partial charge in [-0.2, -0.15) is 5.26 Å². The minimum atomic E-state index is -0.939. The smallest absolute Gasteiger partial charge is 0.407 e. The summed E-state index contributed by atoms with van der Waals surface area (Å²) in [4.78, 5) is 13.1. The Morgan fingerprint density at radius 3 is 2.42 bits per heavy atom. The number of carboxylic acid groups (broad SMARTS) is 1. The SMILES string of the molecule is COc1ccccc1COCCCOc1ccc(C2CCN(C(=O)O)CC2OCCOc2ccccc2CCC#N)cc1. The Morgan fingerprint density at radius 1 is 0.930 bits per heavy atom. The van der Waals surface area contributed by atoms with Crippen molar-refractivity contribution in [3.8, 4) is 23.3 Å². The zero-order valence-electron chi connectivity index (χ0n) is 24.7. The summed E-state index contributed by atoms with van der Waals surface area (Å²) in [6.45, 7) is 3.00. The Morgan fingerprint density at radius 2 is 1.67 bits per heavy atom. The number of carbonyl (C=O) groups is 1. The maximum atomic E-state index is 11.7. The molecule has 3 aromatic carbocycles. The van der Waals surface area contributed by atoms with Crippen molar-refractivity contribution in [2.75, 3.05) is 46.6 Å². The Labute approximate surface area is 253 Å². The van der Waals surface area contributed by atoms with Gasteiger partial charge in [-0.25, -0.2) is 4.79 Å². The van der Waals surface area contributed by atoms with Crippen molar-refractivity contribution in [1.29, 1.82) is 5.26 Å². The maximum absolute atomic E-state index is 11.7. The molecule has 0 aromatic heterocycles. The highest BCUT2D eigenvalue weighted by molar-refractivity contribution is 5.65. The molecule has 2 atom stereocenters. The number of hydrogen-bond acceptors (Lipinski definition) is 7. The van der Waals surface area contributed by atoms with Crippen molar-refractivity contribution >= 4 is 6.09 Å². The molecule has 4 rings (SSSR count). The van der Waals surface area contributed by atoms with Crippen LogP contribution in [0.3, 0.4) is 0 Å². The number of aryl methyl sites for hydroxylation is 1. The van der Waals surface area contributed by atoms with Gasteiger partial charge in [0, 0.05) is 30.9 Å². The second kappa shape index (κ2) is 17.0. The van der Waals surface area contributed by atoms with Crippen LogP contribution >= 0.6 is 0 Å². The van der Waals surface area contributed by atoms with Crippen LogP contribution in [0.5, 0.6) is 17.2 Å². The van der Waals surface area contributed by atoms with Crippen molar-refractivity contribution in [2.45, 2.75) is 44.3 Å². The van der Waals surface area contributed by atoms with Crippen molar-refractivity contribution in [3.63, 3.8) is 0 Å². The zero-order chi connectivity index (χ0) is 30.3. The van der Waals surface area contributed by atoms with Crippen LogP contribution in [0.25, 0.3) is 0 Å². The van der Waals surface area contributed by atoms with Crippen LogP contribution in [0.4, 0.5) is 4.79 Å². The van der Waals surface area contributed by atoms with Crippen LogP contribution in [-0.2, 0) is 22.5 Å². The fourth-order valence-electron chi connectivity index (χ4n) is 5.20. The Bertz CT molecular complexity index is 1320. The first-order valence-electron chi connectivity index (χ1n) is 14.7. The summed E-state index contributed by atoms with van der Waals surface area (Å²) < 4.78 is 29.2. The van der Waals surface area contributed by atoms with Crippen molar-refractivity contribution in [1.82, 2.24) is 4.90 Å². The predicted octanol–water partition coefficient (Wildman–Crippen LogP) is 6.07. The lowest BCUT2D eigenvalue weighted by molar-refractivity contribution is -0.0207. The lowest BCUT2D eigenvalue weighted by Crippen LogP contribution is -2.46. The third-order valence-corrected chi connectivity index (χ3v) is 7.44. The topological polar surface area (TPSA) is 110 Å². The molecule has 0 radical (unpaired) electrons. The van der Waals surface area contributed by atoms with Crippen LogP contribution in [-0.4, -0.2) is 68.8 Å². The molecule has 1 N–H and O–H groups in total. The molecule has 9 heteroatoms. The van der Waals surface area contributed by atoms with Gasteiger partial charge in [0.1, 0.15) is 23.9 Å². The minimum Gasteiger partial charge on any atom is -0.496 e. The first kappa shape index (κ1) is 31.7. The highest BCUT2D eigenvalue weighted by Crippen LogP contribution is 2.32. The summed E-state index contributed by atoms with van der Waals surface area (Å²) in [5.74, 6) is 2.39. The second-order valence-corrected chi connectivity index (χ2v) is 10.3. The quantitative estimate of drug-likeness (QED) is 0.201. The van der Waals surface area contributed by atoms with Gasteiger partial charge in [0.2, 0.25) is 0 Å². The number of methoxy groups -OCH3 is 1. The number of rotatable bonds is 16. The number of piperidine rings is 1. The first-order valence-corrected chi connectivity index (χ1v) is 14.7. The largest absolute Gasteiger partial charge is 0.496 e. The van der Waals surface area contributed by atoms with E-state index in [0.29, 0.717) is 65.4 Å². The molecule has 2 unspecified atom stereocenters. The van der Waals surface area contributed by atoms with E-state index in [2.05, 4.69) is 6.07 Å². The van der Waals surface area contributed by atoms with E-state index in [1.807, 2.05) is 72.8 Å². The van der Waals surface area contributed by atoms with E-state index >= 15 is 0 Å². The van der Waals surface area contributed by atoms with Crippen molar-refractivity contribution in [3.05, 3.63) is 89.5 Å². The van der Waals surface area contributed by atoms with Crippen LogP contribution in [0.2, 0.25) is 0 Å². The fourth-order valence-corrected chi connectivity index (χ4v) is 5.20. The predicted molar refractivity (Wildman–Crippen MR) is 162 cm³/mol. The second-order valence-electron chi connectivity index (χ2n) is 10.3. The molecule has 0 saturated carbocycles. The third-order valence-electron chi connectivity index (χ3n) is 7.44. The zero-order valence-corrected chi connectivity index (χ0v) is 24.7. The van der Waals surface area contributed by atoms with Gasteiger partial charge in [-0.3, -0.25) is 0 Å². The van der Waals surface area contributed by atoms with Gasteiger partial charge in [-0.05, 0) is 48.2 Å². The molecule has 1 amide bonds. The molecule has 9 nitrogen and oxygen atoms in total. The highest BCUT2D eigenvalue weighted by Gasteiger charge is 2.33. The van der Waals surface area contributed by atoms with E-state index in [1.54, 1.807) is 7.11 Å². The molecular weight excluding hydrogens is 548 g/mol. The van der Waals surface area contributed by atoms with E-state index in [-0.39, 0.29) is 12.0 Å². The van der Waals surface area contributed by atoms with Gasteiger partial charge in [0.15, 0.2) is 0 Å². The summed E-state index contributed by atoms with van der Waals surface area (Å²) in [7, 11) is 1.65. The molecule has 43 heavy (non-hydrogen) atoms. The molecule has 1 fully saturated rings. The summed E-state index contributed by atoms with van der Waals surface area (Å²) in [6.07, 6.45) is 1.24. The molecule has 1 aliphatic heterocycles. The molecule has 1 aliphatic rings. The van der Waals surface area contributed by atoms with Gasteiger partial charge < -0.3 is 33.7 Å². The average Bonchev–Trinajstić information content (AvgIpc) is 3.04. The number of nitriles is 1. The molecule has 228 valence electrons. The molecule has 0 aliphatic carbocycles. The normalized spacial score (nSPS) is 16.3. The van der Waals surface area contributed by atoms with Gasteiger partial charge in [0.05, 0.1) is 52.3 Å². The summed E-state index contributed by atoms with van der Waals surface area (Å²) in [5, 5.41) is 18.5. The Kier molecular flexibility index (Phi) is 12.5. The van der Waals surface area contributed by atoms with E-state index in [4.69, 9.17) is 28.9 Å². The van der Waals surface area contributed by atoms with Crippen LogP contribution in [0.15, 0.2) is 72.8 Å². The number of likely N-dealkylation sites (tertiary alicyclic amines) is 1. The number of benzene rings is 3. The number of amides is 1. The van der Waals surface area contributed by atoms with Crippen LogP contribution in [0.1, 0.15) is 41.9 Å². The first-order chi connectivity index (χ1) is 21.1. The van der Waals surface area contributed by atoms with Crippen molar-refractivity contribution in [2.24, 2.45) is 0 Å². The molecular formula is C34H40N2O7. The molecule has 0 spiro atoms. The molecule has 3 aromatic rings. The number of ether oxygens (including phenoxy) is 5. The standard InChI is InChI=1S/C34H40N2O7/c1-39-31-11-4-3-9-28(31)25-40-20-7-21-41-29-15-13-26(14-16-29)30-17-19-36(34(37)38)24-33(30)43-23-22-42-32-12-5-2-8-27(32)10-6-18-35/h2-5,8-9,11-16,30,33H,6-7,10,17,19-25H2,1H3,(H,37,38). The van der Waals surface area contributed by atoms with E-state index in [1.165, 1.54) is 4.90 Å². The third kappa shape index (κ3) is 9.63. The summed E-state index contributed by atoms with van der Waals surface area (Å²) >= 11 is 0. The van der Waals surface area contributed by atoms with Gasteiger partial charge in [-0.1, -0.05) is 48.5 Å². The lowest BCUT2D eigenvalue weighted by Gasteiger charge is -2.37. The van der Waals surface area contributed by atoms with E-state index in [0.717, 1.165) is 40.4 Å². The highest BCUT2D eigenvalue weighted by atomic mass is 16.5. The Balaban J connectivity index is 1.24. The van der Waals surface area contributed by atoms with Crippen LogP contribution in [0, 0.1) is 11.3 Å². The Hall–Kier alpha value is -4.26. The fraction of sp³-hybridized carbons (Fsp3) is 0.412. The molecule has 1 heterocycles.